The zero-order valence-electron chi connectivity index (χ0n) is 11.1. The van der Waals surface area contributed by atoms with Gasteiger partial charge in [-0.25, -0.2) is 0 Å². The molecule has 0 radical (unpaired) electrons. The van der Waals surface area contributed by atoms with Crippen LogP contribution in [0.15, 0.2) is 12.3 Å². The van der Waals surface area contributed by atoms with E-state index in [0.717, 1.165) is 11.5 Å². The van der Waals surface area contributed by atoms with E-state index in [4.69, 9.17) is 8.85 Å². The highest BCUT2D eigenvalue weighted by molar-refractivity contribution is 6.46. The summed E-state index contributed by atoms with van der Waals surface area (Å²) < 4.78 is 11.5. The largest absolute Gasteiger partial charge is 0.529 e. The van der Waals surface area contributed by atoms with E-state index in [0.29, 0.717) is 0 Å². The van der Waals surface area contributed by atoms with Crippen molar-refractivity contribution in [1.29, 1.82) is 0 Å². The van der Waals surface area contributed by atoms with Crippen LogP contribution in [0.3, 0.4) is 0 Å². The van der Waals surface area contributed by atoms with E-state index in [1.807, 2.05) is 13.4 Å². The van der Waals surface area contributed by atoms with Crippen molar-refractivity contribution in [2.24, 2.45) is 5.92 Å². The van der Waals surface area contributed by atoms with Crippen LogP contribution in [0.4, 0.5) is 0 Å². The Bertz CT molecular complexity index is 230. The first-order valence-corrected chi connectivity index (χ1v) is 8.86. The molecule has 0 aliphatic heterocycles. The van der Waals surface area contributed by atoms with Crippen molar-refractivity contribution in [2.45, 2.75) is 63.3 Å². The maximum atomic E-state index is 5.91. The second-order valence-corrected chi connectivity index (χ2v) is 7.93. The van der Waals surface area contributed by atoms with E-state index in [1.54, 1.807) is 0 Å². The molecule has 2 fully saturated rings. The molecule has 0 spiro atoms. The summed E-state index contributed by atoms with van der Waals surface area (Å²) in [7, 11) is 0.399. The number of hydrogen-bond acceptors (Lipinski definition) is 2. The van der Waals surface area contributed by atoms with Crippen molar-refractivity contribution in [3.8, 4) is 0 Å². The molecule has 2 rings (SSSR count). The molecule has 0 N–H and O–H groups in total. The predicted octanol–water partition coefficient (Wildman–Crippen LogP) is 3.91. The first-order chi connectivity index (χ1) is 8.40. The Labute approximate surface area is 107 Å². The van der Waals surface area contributed by atoms with Gasteiger partial charge in [0.25, 0.3) is 0 Å². The zero-order chi connectivity index (χ0) is 11.9. The van der Waals surface area contributed by atoms with Gasteiger partial charge in [-0.2, -0.15) is 0 Å². The van der Waals surface area contributed by atoms with Crippen molar-refractivity contribution >= 4 is 9.28 Å². The van der Waals surface area contributed by atoms with Crippen molar-refractivity contribution in [1.82, 2.24) is 0 Å². The van der Waals surface area contributed by atoms with Crippen LogP contribution in [-0.2, 0) is 8.85 Å². The minimum atomic E-state index is -1.42. The Hall–Kier alpha value is -0.283. The summed E-state index contributed by atoms with van der Waals surface area (Å²) in [6.45, 7) is 0. The first kappa shape index (κ1) is 13.2. The summed E-state index contributed by atoms with van der Waals surface area (Å²) >= 11 is 0. The van der Waals surface area contributed by atoms with Crippen molar-refractivity contribution < 1.29 is 8.85 Å². The molecule has 0 aromatic rings. The Morgan fingerprint density at radius 2 is 1.59 bits per heavy atom. The third-order valence-electron chi connectivity index (χ3n) is 4.23. The molecule has 0 heterocycles. The van der Waals surface area contributed by atoms with Crippen LogP contribution in [-0.4, -0.2) is 16.4 Å². The van der Waals surface area contributed by atoms with Gasteiger partial charge in [-0.15, -0.1) is 0 Å². The summed E-state index contributed by atoms with van der Waals surface area (Å²) in [6.07, 6.45) is 16.5. The zero-order valence-corrected chi connectivity index (χ0v) is 12.2. The van der Waals surface area contributed by atoms with E-state index >= 15 is 0 Å². The topological polar surface area (TPSA) is 18.5 Å². The molecule has 2 nitrogen and oxygen atoms in total. The Balaban J connectivity index is 1.72. The van der Waals surface area contributed by atoms with Gasteiger partial charge >= 0.3 is 9.28 Å². The van der Waals surface area contributed by atoms with Crippen LogP contribution >= 0.6 is 0 Å². The fourth-order valence-corrected chi connectivity index (χ4v) is 5.13. The third kappa shape index (κ3) is 4.14. The molecule has 2 aliphatic carbocycles. The lowest BCUT2D eigenvalue weighted by molar-refractivity contribution is 0.289. The molecule has 2 aliphatic rings. The molecule has 0 bridgehead atoms. The normalized spacial score (nSPS) is 25.5. The highest BCUT2D eigenvalue weighted by Gasteiger charge is 2.28. The smallest absolute Gasteiger partial charge is 0.384 e. The summed E-state index contributed by atoms with van der Waals surface area (Å²) in [5, 5.41) is 0. The van der Waals surface area contributed by atoms with E-state index < -0.39 is 9.28 Å². The van der Waals surface area contributed by atoms with Gasteiger partial charge in [0.2, 0.25) is 0 Å². The summed E-state index contributed by atoms with van der Waals surface area (Å²) in [4.78, 5) is 0. The van der Waals surface area contributed by atoms with Gasteiger partial charge in [0.1, 0.15) is 0 Å². The number of rotatable bonds is 5. The lowest BCUT2D eigenvalue weighted by atomic mass is 9.89. The molecule has 17 heavy (non-hydrogen) atoms. The van der Waals surface area contributed by atoms with Gasteiger partial charge < -0.3 is 8.85 Å². The van der Waals surface area contributed by atoms with Crippen LogP contribution in [0.2, 0.25) is 5.54 Å². The van der Waals surface area contributed by atoms with E-state index in [9.17, 15) is 0 Å². The molecule has 98 valence electrons. The van der Waals surface area contributed by atoms with Crippen LogP contribution in [0, 0.1) is 5.92 Å². The Morgan fingerprint density at radius 3 is 2.24 bits per heavy atom. The molecule has 2 saturated carbocycles. The maximum absolute atomic E-state index is 5.91. The molecule has 0 amide bonds. The van der Waals surface area contributed by atoms with Crippen LogP contribution in [0.25, 0.3) is 0 Å². The average molecular weight is 254 g/mol. The second kappa shape index (κ2) is 7.22. The van der Waals surface area contributed by atoms with Crippen molar-refractivity contribution in [3.05, 3.63) is 12.3 Å². The van der Waals surface area contributed by atoms with Gasteiger partial charge in [0.15, 0.2) is 0 Å². The molecule has 1 unspecified atom stereocenters. The molecular weight excluding hydrogens is 228 g/mol. The van der Waals surface area contributed by atoms with Crippen LogP contribution in [0.5, 0.6) is 0 Å². The summed E-state index contributed by atoms with van der Waals surface area (Å²) in [6, 6.07) is 0. The molecule has 3 heteroatoms. The van der Waals surface area contributed by atoms with E-state index in [2.05, 4.69) is 6.08 Å². The second-order valence-electron chi connectivity index (χ2n) is 5.51. The van der Waals surface area contributed by atoms with Crippen molar-refractivity contribution in [2.75, 3.05) is 7.11 Å². The quantitative estimate of drug-likeness (QED) is 0.547. The SMILES string of the molecule is CO[SiH](OC=CC1CCCCC1)C1CCCC1. The highest BCUT2D eigenvalue weighted by atomic mass is 28.3. The fourth-order valence-electron chi connectivity index (χ4n) is 3.15. The molecular formula is C14H26O2Si. The number of hydrogen-bond donors (Lipinski definition) is 0. The van der Waals surface area contributed by atoms with Gasteiger partial charge in [-0.05, 0) is 37.7 Å². The monoisotopic (exact) mass is 254 g/mol. The lowest BCUT2D eigenvalue weighted by Crippen LogP contribution is -2.24. The van der Waals surface area contributed by atoms with Gasteiger partial charge in [-0.3, -0.25) is 0 Å². The third-order valence-corrected chi connectivity index (χ3v) is 6.56. The van der Waals surface area contributed by atoms with Crippen molar-refractivity contribution in [3.63, 3.8) is 0 Å². The first-order valence-electron chi connectivity index (χ1n) is 7.25. The summed E-state index contributed by atoms with van der Waals surface area (Å²) in [5.41, 5.74) is 0.746. The van der Waals surface area contributed by atoms with E-state index in [-0.39, 0.29) is 0 Å². The molecule has 0 saturated heterocycles. The highest BCUT2D eigenvalue weighted by Crippen LogP contribution is 2.33. The Kier molecular flexibility index (Phi) is 5.59. The lowest BCUT2D eigenvalue weighted by Gasteiger charge is -2.20. The molecule has 0 aromatic carbocycles. The maximum Gasteiger partial charge on any atom is 0.384 e. The summed E-state index contributed by atoms with van der Waals surface area (Å²) in [5.74, 6) is 0.763. The van der Waals surface area contributed by atoms with Crippen LogP contribution < -0.4 is 0 Å². The van der Waals surface area contributed by atoms with E-state index in [1.165, 1.54) is 57.8 Å². The average Bonchev–Trinajstić information content (AvgIpc) is 2.90. The minimum absolute atomic E-state index is 0.746. The Morgan fingerprint density at radius 1 is 0.941 bits per heavy atom. The van der Waals surface area contributed by atoms with Gasteiger partial charge in [0, 0.05) is 12.7 Å². The molecule has 0 aromatic heterocycles. The van der Waals surface area contributed by atoms with Crippen LogP contribution in [0.1, 0.15) is 57.8 Å². The predicted molar refractivity (Wildman–Crippen MR) is 73.2 cm³/mol. The minimum Gasteiger partial charge on any atom is -0.529 e. The standard InChI is InChI=1S/C14H26O2Si/c1-15-17(14-9-5-6-10-14)16-12-11-13-7-3-2-4-8-13/h11-14,17H,2-10H2,1H3. The molecule has 1 atom stereocenters. The number of allylic oxidation sites excluding steroid dienone is 1. The van der Waals surface area contributed by atoms with Gasteiger partial charge in [0.05, 0.1) is 6.26 Å². The fraction of sp³-hybridized carbons (Fsp3) is 0.857. The van der Waals surface area contributed by atoms with Gasteiger partial charge in [-0.1, -0.05) is 32.1 Å².